The van der Waals surface area contributed by atoms with Gasteiger partial charge in [0, 0.05) is 30.9 Å². The molecule has 232 valence electrons. The van der Waals surface area contributed by atoms with Crippen LogP contribution in [0.5, 0.6) is 0 Å². The van der Waals surface area contributed by atoms with Crippen molar-refractivity contribution < 1.29 is 0 Å². The van der Waals surface area contributed by atoms with Gasteiger partial charge in [-0.05, 0) is 90.0 Å². The number of benzene rings is 9. The normalized spacial score (nSPS) is 12.0. The molecule has 0 N–H and O–H groups in total. The molecule has 2 heterocycles. The van der Waals surface area contributed by atoms with E-state index in [1.807, 2.05) is 22.7 Å². The number of thiophene rings is 2. The highest BCUT2D eigenvalue weighted by Gasteiger charge is 2.19. The molecule has 0 saturated carbocycles. The third-order valence-corrected chi connectivity index (χ3v) is 12.9. The Labute approximate surface area is 297 Å². The maximum absolute atomic E-state index is 2.40. The third-order valence-electron chi connectivity index (χ3n) is 10.4. The van der Waals surface area contributed by atoms with Gasteiger partial charge in [0.2, 0.25) is 0 Å². The summed E-state index contributed by atoms with van der Waals surface area (Å²) in [5.74, 6) is 0. The molecule has 11 aromatic rings. The Bertz CT molecular complexity index is 3140. The monoisotopic (exact) mass is 668 g/mol. The van der Waals surface area contributed by atoms with E-state index < -0.39 is 0 Å². The van der Waals surface area contributed by atoms with Crippen LogP contribution < -0.4 is 0 Å². The number of rotatable bonds is 3. The molecule has 0 nitrogen and oxygen atoms in total. The summed E-state index contributed by atoms with van der Waals surface area (Å²) in [6.45, 7) is 0. The zero-order valence-corrected chi connectivity index (χ0v) is 28.6. The molecule has 0 spiro atoms. The van der Waals surface area contributed by atoms with Crippen LogP contribution in [0, 0.1) is 0 Å². The van der Waals surface area contributed by atoms with Crippen LogP contribution in [0.25, 0.3) is 106 Å². The fraction of sp³-hybridized carbons (Fsp3) is 0. The quantitative estimate of drug-likeness (QED) is 0.176. The highest BCUT2D eigenvalue weighted by molar-refractivity contribution is 7.33. The lowest BCUT2D eigenvalue weighted by Crippen LogP contribution is -1.82. The van der Waals surface area contributed by atoms with Gasteiger partial charge in [-0.25, -0.2) is 0 Å². The third kappa shape index (κ3) is 4.29. The molecule has 0 aliphatic carbocycles. The Morgan fingerprint density at radius 1 is 0.260 bits per heavy atom. The Hall–Kier alpha value is -5.80. The average Bonchev–Trinajstić information content (AvgIpc) is 3.76. The predicted octanol–water partition coefficient (Wildman–Crippen LogP) is 14.9. The van der Waals surface area contributed by atoms with Crippen molar-refractivity contribution in [1.82, 2.24) is 0 Å². The molecule has 2 heteroatoms. The SMILES string of the molecule is c1ccc2cc(-c3ccc(-c4ccc5c(c4)sc4c6sc7cc(-c8ccc9ccccc9c8)ccc7c6c6ccccc6c54)cc3)ccc2c1. The molecular formula is C48H28S2. The van der Waals surface area contributed by atoms with Crippen molar-refractivity contribution in [1.29, 1.82) is 0 Å². The molecule has 0 radical (unpaired) electrons. The zero-order chi connectivity index (χ0) is 32.8. The van der Waals surface area contributed by atoms with Gasteiger partial charge in [0.25, 0.3) is 0 Å². The van der Waals surface area contributed by atoms with Crippen molar-refractivity contribution >= 4 is 95.3 Å². The first kappa shape index (κ1) is 28.1. The second-order valence-corrected chi connectivity index (χ2v) is 15.4. The van der Waals surface area contributed by atoms with E-state index in [-0.39, 0.29) is 0 Å². The van der Waals surface area contributed by atoms with E-state index >= 15 is 0 Å². The van der Waals surface area contributed by atoms with Gasteiger partial charge in [-0.1, -0.05) is 146 Å². The van der Waals surface area contributed by atoms with E-state index in [4.69, 9.17) is 0 Å². The van der Waals surface area contributed by atoms with Crippen molar-refractivity contribution in [3.8, 4) is 33.4 Å². The summed E-state index contributed by atoms with van der Waals surface area (Å²) in [5, 5.41) is 13.2. The largest absolute Gasteiger partial charge is 0.134 e. The zero-order valence-electron chi connectivity index (χ0n) is 27.0. The fourth-order valence-electron chi connectivity index (χ4n) is 7.92. The van der Waals surface area contributed by atoms with Crippen molar-refractivity contribution in [2.45, 2.75) is 0 Å². The van der Waals surface area contributed by atoms with Gasteiger partial charge >= 0.3 is 0 Å². The fourth-order valence-corrected chi connectivity index (χ4v) is 10.6. The van der Waals surface area contributed by atoms with Crippen LogP contribution in [0.2, 0.25) is 0 Å². The van der Waals surface area contributed by atoms with Crippen LogP contribution >= 0.6 is 22.7 Å². The lowest BCUT2D eigenvalue weighted by molar-refractivity contribution is 1.62. The topological polar surface area (TPSA) is 0 Å². The number of hydrogen-bond acceptors (Lipinski definition) is 2. The minimum Gasteiger partial charge on any atom is -0.134 e. The van der Waals surface area contributed by atoms with Crippen molar-refractivity contribution in [3.05, 3.63) is 170 Å². The van der Waals surface area contributed by atoms with E-state index in [0.29, 0.717) is 0 Å². The minimum absolute atomic E-state index is 1.24. The van der Waals surface area contributed by atoms with Crippen LogP contribution in [0.3, 0.4) is 0 Å². The highest BCUT2D eigenvalue weighted by atomic mass is 32.1. The van der Waals surface area contributed by atoms with Gasteiger partial charge in [-0.3, -0.25) is 0 Å². The molecule has 9 aromatic carbocycles. The molecule has 0 saturated heterocycles. The molecule has 11 rings (SSSR count). The molecule has 0 amide bonds. The summed E-state index contributed by atoms with van der Waals surface area (Å²) in [5.41, 5.74) is 7.52. The first-order valence-corrected chi connectivity index (χ1v) is 18.7. The second-order valence-electron chi connectivity index (χ2n) is 13.3. The summed E-state index contributed by atoms with van der Waals surface area (Å²) in [4.78, 5) is 0. The van der Waals surface area contributed by atoms with Crippen LogP contribution in [0.15, 0.2) is 170 Å². The Kier molecular flexibility index (Phi) is 6.09. The van der Waals surface area contributed by atoms with E-state index in [2.05, 4.69) is 170 Å². The molecule has 2 aromatic heterocycles. The lowest BCUT2D eigenvalue weighted by Gasteiger charge is -2.07. The van der Waals surface area contributed by atoms with Crippen molar-refractivity contribution in [2.75, 3.05) is 0 Å². The van der Waals surface area contributed by atoms with E-state index in [1.165, 1.54) is 106 Å². The maximum atomic E-state index is 2.40. The van der Waals surface area contributed by atoms with Gasteiger partial charge < -0.3 is 0 Å². The molecule has 0 atom stereocenters. The molecule has 0 aliphatic heterocycles. The standard InChI is InChI=1S/C48H28S2/c1-3-9-33-25-35(19-17-29(33)7-1)31-13-15-32(16-14-31)37-21-23-41-43(27-37)49-47-45(41)39-11-5-6-12-40(39)46-42-24-22-38(28-44(42)50-48(46)47)36-20-18-30-8-2-4-10-34(30)26-36/h1-28H. The Morgan fingerprint density at radius 2 is 0.620 bits per heavy atom. The number of hydrogen-bond donors (Lipinski definition) is 0. The maximum Gasteiger partial charge on any atom is 0.0540 e. The summed E-state index contributed by atoms with van der Waals surface area (Å²) < 4.78 is 5.47. The van der Waals surface area contributed by atoms with Gasteiger partial charge in [-0.2, -0.15) is 0 Å². The average molecular weight is 669 g/mol. The van der Waals surface area contributed by atoms with Crippen LogP contribution in [0.1, 0.15) is 0 Å². The first-order valence-electron chi connectivity index (χ1n) is 17.1. The highest BCUT2D eigenvalue weighted by Crippen LogP contribution is 2.50. The molecule has 0 aliphatic rings. The van der Waals surface area contributed by atoms with E-state index in [0.717, 1.165) is 0 Å². The van der Waals surface area contributed by atoms with Crippen molar-refractivity contribution in [2.24, 2.45) is 0 Å². The van der Waals surface area contributed by atoms with Crippen LogP contribution in [0.4, 0.5) is 0 Å². The second kappa shape index (κ2) is 10.9. The summed E-state index contributed by atoms with van der Waals surface area (Å²) in [6.07, 6.45) is 0. The number of fused-ring (bicyclic) bond motifs is 12. The van der Waals surface area contributed by atoms with E-state index in [9.17, 15) is 0 Å². The molecule has 50 heavy (non-hydrogen) atoms. The van der Waals surface area contributed by atoms with Gasteiger partial charge in [0.05, 0.1) is 9.40 Å². The summed E-state index contributed by atoms with van der Waals surface area (Å²) in [6, 6.07) is 62.9. The lowest BCUT2D eigenvalue weighted by atomic mass is 9.96. The first-order chi connectivity index (χ1) is 24.7. The molecule has 0 unspecified atom stereocenters. The van der Waals surface area contributed by atoms with Gasteiger partial charge in [0.1, 0.15) is 0 Å². The molecule has 0 fully saturated rings. The Balaban J connectivity index is 1.05. The summed E-state index contributed by atoms with van der Waals surface area (Å²) in [7, 11) is 0. The van der Waals surface area contributed by atoms with Gasteiger partial charge in [0.15, 0.2) is 0 Å². The van der Waals surface area contributed by atoms with Crippen molar-refractivity contribution in [3.63, 3.8) is 0 Å². The van der Waals surface area contributed by atoms with Crippen LogP contribution in [-0.4, -0.2) is 0 Å². The smallest absolute Gasteiger partial charge is 0.0540 e. The van der Waals surface area contributed by atoms with Crippen LogP contribution in [-0.2, 0) is 0 Å². The minimum atomic E-state index is 1.24. The summed E-state index contributed by atoms with van der Waals surface area (Å²) >= 11 is 3.89. The predicted molar refractivity (Wildman–Crippen MR) is 221 cm³/mol. The molecular weight excluding hydrogens is 641 g/mol. The van der Waals surface area contributed by atoms with E-state index in [1.54, 1.807) is 0 Å². The molecule has 0 bridgehead atoms. The Morgan fingerprint density at radius 3 is 1.12 bits per heavy atom. The van der Waals surface area contributed by atoms with Gasteiger partial charge in [-0.15, -0.1) is 22.7 Å².